The molecule has 3 atom stereocenters. The van der Waals surface area contributed by atoms with Crippen LogP contribution < -0.4 is 20.3 Å². The van der Waals surface area contributed by atoms with Crippen molar-refractivity contribution in [2.45, 2.75) is 82.8 Å². The van der Waals surface area contributed by atoms with Crippen LogP contribution in [0, 0.1) is 0 Å². The second kappa shape index (κ2) is 9.42. The molecule has 1 aromatic heterocycles. The van der Waals surface area contributed by atoms with Crippen LogP contribution in [0.15, 0.2) is 18.3 Å². The molecule has 3 unspecified atom stereocenters. The number of pyridine rings is 1. The SMILES string of the molecule is CCNCCC(C)OC1CC(Oc2cc(N3C4CCNCC3CC4)ccn2)C1. The highest BCUT2D eigenvalue weighted by atomic mass is 16.5. The summed E-state index contributed by atoms with van der Waals surface area (Å²) >= 11 is 0. The summed E-state index contributed by atoms with van der Waals surface area (Å²) in [6, 6.07) is 5.54. The summed E-state index contributed by atoms with van der Waals surface area (Å²) < 4.78 is 12.3. The molecule has 6 heteroatoms. The normalized spacial score (nSPS) is 30.6. The second-order valence-electron chi connectivity index (χ2n) is 8.56. The first kappa shape index (κ1) is 19.9. The van der Waals surface area contributed by atoms with Crippen molar-refractivity contribution < 1.29 is 9.47 Å². The van der Waals surface area contributed by atoms with Gasteiger partial charge in [-0.1, -0.05) is 6.92 Å². The number of aromatic nitrogens is 1. The molecule has 1 aromatic rings. The third-order valence-electron chi connectivity index (χ3n) is 6.41. The van der Waals surface area contributed by atoms with Gasteiger partial charge in [0.15, 0.2) is 0 Å². The maximum atomic E-state index is 6.17. The lowest BCUT2D eigenvalue weighted by atomic mass is 9.91. The van der Waals surface area contributed by atoms with Gasteiger partial charge in [0.2, 0.25) is 5.88 Å². The summed E-state index contributed by atoms with van der Waals surface area (Å²) in [6.07, 6.45) is 9.58. The molecule has 156 valence electrons. The Kier molecular flexibility index (Phi) is 6.70. The number of hydrogen-bond donors (Lipinski definition) is 2. The molecule has 6 nitrogen and oxygen atoms in total. The molecular weight excluding hydrogens is 352 g/mol. The summed E-state index contributed by atoms with van der Waals surface area (Å²) in [5.41, 5.74) is 1.27. The third kappa shape index (κ3) is 4.78. The van der Waals surface area contributed by atoms with Gasteiger partial charge in [-0.25, -0.2) is 4.98 Å². The minimum absolute atomic E-state index is 0.233. The number of nitrogens with one attached hydrogen (secondary N) is 2. The van der Waals surface area contributed by atoms with Crippen LogP contribution in [-0.4, -0.2) is 61.6 Å². The van der Waals surface area contributed by atoms with E-state index in [1.807, 2.05) is 6.20 Å². The van der Waals surface area contributed by atoms with Gasteiger partial charge in [0.05, 0.1) is 12.2 Å². The van der Waals surface area contributed by atoms with Gasteiger partial charge in [-0.2, -0.15) is 0 Å². The largest absolute Gasteiger partial charge is 0.474 e. The van der Waals surface area contributed by atoms with E-state index in [2.05, 4.69) is 46.5 Å². The standard InChI is InChI=1S/C22H36N4O2/c1-3-23-9-6-16(2)27-20-13-21(14-20)28-22-12-18(8-11-25-22)26-17-4-5-19(26)15-24-10-7-17/h8,11-12,16-17,19-21,23-24H,3-7,9-10,13-15H2,1-2H3. The molecule has 0 radical (unpaired) electrons. The molecule has 1 aliphatic carbocycles. The Morgan fingerprint density at radius 1 is 1.25 bits per heavy atom. The van der Waals surface area contributed by atoms with Gasteiger partial charge in [0, 0.05) is 49.4 Å². The van der Waals surface area contributed by atoms with E-state index in [4.69, 9.17) is 9.47 Å². The fourth-order valence-corrected chi connectivity index (χ4v) is 4.80. The van der Waals surface area contributed by atoms with Crippen molar-refractivity contribution in [2.75, 3.05) is 31.1 Å². The highest BCUT2D eigenvalue weighted by Crippen LogP contribution is 2.35. The number of ether oxygens (including phenoxy) is 2. The molecule has 3 fully saturated rings. The van der Waals surface area contributed by atoms with Crippen molar-refractivity contribution in [3.8, 4) is 5.88 Å². The molecule has 0 aromatic carbocycles. The molecule has 4 rings (SSSR count). The van der Waals surface area contributed by atoms with Crippen LogP contribution >= 0.6 is 0 Å². The van der Waals surface area contributed by atoms with E-state index in [-0.39, 0.29) is 6.10 Å². The zero-order chi connectivity index (χ0) is 19.3. The molecule has 3 heterocycles. The molecule has 0 amide bonds. The van der Waals surface area contributed by atoms with Crippen molar-refractivity contribution in [1.29, 1.82) is 0 Å². The highest BCUT2D eigenvalue weighted by Gasteiger charge is 2.36. The van der Waals surface area contributed by atoms with E-state index < -0.39 is 0 Å². The number of nitrogens with zero attached hydrogens (tertiary/aromatic N) is 2. The molecule has 0 spiro atoms. The molecular formula is C22H36N4O2. The van der Waals surface area contributed by atoms with Crippen molar-refractivity contribution in [1.82, 2.24) is 15.6 Å². The number of hydrogen-bond acceptors (Lipinski definition) is 6. The Labute approximate surface area is 169 Å². The molecule has 28 heavy (non-hydrogen) atoms. The lowest BCUT2D eigenvalue weighted by molar-refractivity contribution is -0.0928. The monoisotopic (exact) mass is 388 g/mol. The van der Waals surface area contributed by atoms with Crippen LogP contribution in [0.4, 0.5) is 5.69 Å². The predicted octanol–water partition coefficient (Wildman–Crippen LogP) is 2.73. The van der Waals surface area contributed by atoms with Crippen LogP contribution in [0.5, 0.6) is 5.88 Å². The lowest BCUT2D eigenvalue weighted by Crippen LogP contribution is -2.41. The van der Waals surface area contributed by atoms with Crippen molar-refractivity contribution in [3.63, 3.8) is 0 Å². The Balaban J connectivity index is 1.26. The first-order chi connectivity index (χ1) is 13.7. The first-order valence-corrected chi connectivity index (χ1v) is 11.2. The number of fused-ring (bicyclic) bond motifs is 2. The average molecular weight is 389 g/mol. The molecule has 2 aliphatic heterocycles. The quantitative estimate of drug-likeness (QED) is 0.635. The molecule has 2 saturated heterocycles. The summed E-state index contributed by atoms with van der Waals surface area (Å²) in [7, 11) is 0. The van der Waals surface area contributed by atoms with E-state index in [9.17, 15) is 0 Å². The summed E-state index contributed by atoms with van der Waals surface area (Å²) in [5, 5.41) is 6.93. The third-order valence-corrected chi connectivity index (χ3v) is 6.41. The van der Waals surface area contributed by atoms with Gasteiger partial charge in [0.25, 0.3) is 0 Å². The van der Waals surface area contributed by atoms with Gasteiger partial charge in [-0.05, 0) is 58.3 Å². The van der Waals surface area contributed by atoms with E-state index in [0.29, 0.717) is 24.3 Å². The van der Waals surface area contributed by atoms with E-state index in [1.165, 1.54) is 24.9 Å². The smallest absolute Gasteiger partial charge is 0.215 e. The van der Waals surface area contributed by atoms with Gasteiger partial charge in [-0.15, -0.1) is 0 Å². The number of rotatable bonds is 9. The zero-order valence-corrected chi connectivity index (χ0v) is 17.4. The van der Waals surface area contributed by atoms with Crippen LogP contribution in [0.2, 0.25) is 0 Å². The molecule has 3 aliphatic rings. The van der Waals surface area contributed by atoms with Crippen molar-refractivity contribution >= 4 is 5.69 Å². The van der Waals surface area contributed by atoms with Crippen molar-refractivity contribution in [2.24, 2.45) is 0 Å². The van der Waals surface area contributed by atoms with E-state index in [1.54, 1.807) is 0 Å². The van der Waals surface area contributed by atoms with Gasteiger partial charge < -0.3 is 25.0 Å². The zero-order valence-electron chi connectivity index (χ0n) is 17.4. The fraction of sp³-hybridized carbons (Fsp3) is 0.773. The minimum atomic E-state index is 0.233. The van der Waals surface area contributed by atoms with Crippen LogP contribution in [0.1, 0.15) is 52.4 Å². The number of anilines is 1. The van der Waals surface area contributed by atoms with Crippen LogP contribution in [-0.2, 0) is 4.74 Å². The minimum Gasteiger partial charge on any atom is -0.474 e. The Morgan fingerprint density at radius 2 is 2.11 bits per heavy atom. The summed E-state index contributed by atoms with van der Waals surface area (Å²) in [5.74, 6) is 0.762. The predicted molar refractivity (Wildman–Crippen MR) is 112 cm³/mol. The second-order valence-corrected chi connectivity index (χ2v) is 8.56. The van der Waals surface area contributed by atoms with Crippen LogP contribution in [0.3, 0.4) is 0 Å². The van der Waals surface area contributed by atoms with Crippen molar-refractivity contribution in [3.05, 3.63) is 18.3 Å². The first-order valence-electron chi connectivity index (χ1n) is 11.2. The fourth-order valence-electron chi connectivity index (χ4n) is 4.80. The van der Waals surface area contributed by atoms with Gasteiger partial charge >= 0.3 is 0 Å². The highest BCUT2D eigenvalue weighted by molar-refractivity contribution is 5.51. The lowest BCUT2D eigenvalue weighted by Gasteiger charge is -2.36. The van der Waals surface area contributed by atoms with Crippen LogP contribution in [0.25, 0.3) is 0 Å². The van der Waals surface area contributed by atoms with Gasteiger partial charge in [-0.3, -0.25) is 0 Å². The topological polar surface area (TPSA) is 58.6 Å². The molecule has 2 bridgehead atoms. The average Bonchev–Trinajstić information content (AvgIpc) is 2.93. The van der Waals surface area contributed by atoms with E-state index >= 15 is 0 Å². The Morgan fingerprint density at radius 3 is 2.96 bits per heavy atom. The molecule has 2 N–H and O–H groups in total. The van der Waals surface area contributed by atoms with Gasteiger partial charge in [0.1, 0.15) is 6.10 Å². The van der Waals surface area contributed by atoms with E-state index in [0.717, 1.165) is 51.3 Å². The summed E-state index contributed by atoms with van der Waals surface area (Å²) in [4.78, 5) is 7.08. The Hall–Kier alpha value is -1.37. The summed E-state index contributed by atoms with van der Waals surface area (Å²) in [6.45, 7) is 8.56. The maximum absolute atomic E-state index is 6.17. The molecule has 1 saturated carbocycles. The Bertz CT molecular complexity index is 608. The maximum Gasteiger partial charge on any atom is 0.215 e.